The molecule has 162 valence electrons. The smallest absolute Gasteiger partial charge is 0.300 e. The van der Waals surface area contributed by atoms with Crippen LogP contribution in [0.3, 0.4) is 0 Å². The number of aliphatic hydroxyl groups excluding tert-OH is 1. The Morgan fingerprint density at radius 3 is 2.56 bits per heavy atom. The largest absolute Gasteiger partial charge is 0.507 e. The van der Waals surface area contributed by atoms with Gasteiger partial charge in [-0.1, -0.05) is 29.8 Å². The van der Waals surface area contributed by atoms with Crippen molar-refractivity contribution in [2.24, 2.45) is 0 Å². The number of Topliss-reactive ketones (excluding diaryl/α,β-unsaturated/α-hetero) is 1. The number of halogens is 1. The van der Waals surface area contributed by atoms with Crippen LogP contribution in [0, 0.1) is 6.92 Å². The Morgan fingerprint density at radius 2 is 1.84 bits per heavy atom. The summed E-state index contributed by atoms with van der Waals surface area (Å²) in [6.07, 6.45) is 4.28. The van der Waals surface area contributed by atoms with Crippen LogP contribution in [0.15, 0.2) is 59.5 Å². The summed E-state index contributed by atoms with van der Waals surface area (Å²) in [5.74, 6) is -1.44. The quantitative estimate of drug-likeness (QED) is 0.285. The van der Waals surface area contributed by atoms with E-state index in [-0.39, 0.29) is 11.3 Å². The molecule has 1 aliphatic carbocycles. The number of aryl methyl sites for hydroxylation is 3. The molecule has 1 N–H and O–H groups in total. The van der Waals surface area contributed by atoms with Crippen molar-refractivity contribution >= 4 is 46.1 Å². The molecular weight excluding hydrogens is 442 g/mol. The zero-order chi connectivity index (χ0) is 22.4. The summed E-state index contributed by atoms with van der Waals surface area (Å²) in [5, 5.41) is 13.8. The fourth-order valence-electron chi connectivity index (χ4n) is 4.72. The second-order valence-corrected chi connectivity index (χ2v) is 9.72. The summed E-state index contributed by atoms with van der Waals surface area (Å²) in [6.45, 7) is 1.86. The molecular formula is C26H22ClNO3S. The molecule has 2 aromatic carbocycles. The van der Waals surface area contributed by atoms with Crippen LogP contribution in [0.25, 0.3) is 5.76 Å². The zero-order valence-electron chi connectivity index (χ0n) is 17.6. The van der Waals surface area contributed by atoms with Crippen molar-refractivity contribution in [3.63, 3.8) is 0 Å². The molecule has 3 aromatic rings. The summed E-state index contributed by atoms with van der Waals surface area (Å²) >= 11 is 7.58. The van der Waals surface area contributed by atoms with Gasteiger partial charge in [0.25, 0.3) is 11.7 Å². The van der Waals surface area contributed by atoms with Gasteiger partial charge in [0.1, 0.15) is 11.8 Å². The van der Waals surface area contributed by atoms with Gasteiger partial charge in [-0.15, -0.1) is 11.3 Å². The molecule has 6 heteroatoms. The zero-order valence-corrected chi connectivity index (χ0v) is 19.2. The van der Waals surface area contributed by atoms with Crippen molar-refractivity contribution in [1.82, 2.24) is 0 Å². The number of benzene rings is 2. The Morgan fingerprint density at radius 1 is 1.06 bits per heavy atom. The Balaban J connectivity index is 1.68. The molecule has 0 radical (unpaired) electrons. The molecule has 0 bridgehead atoms. The number of thiophene rings is 1. The molecule has 1 fully saturated rings. The number of rotatable bonds is 3. The van der Waals surface area contributed by atoms with Crippen LogP contribution in [-0.4, -0.2) is 16.8 Å². The summed E-state index contributed by atoms with van der Waals surface area (Å²) in [4.78, 5) is 28.8. The monoisotopic (exact) mass is 463 g/mol. The summed E-state index contributed by atoms with van der Waals surface area (Å²) in [5.41, 5.74) is 4.60. The third kappa shape index (κ3) is 3.46. The fraction of sp³-hybridized carbons (Fsp3) is 0.231. The van der Waals surface area contributed by atoms with Gasteiger partial charge < -0.3 is 5.11 Å². The van der Waals surface area contributed by atoms with E-state index >= 15 is 0 Å². The molecule has 1 saturated heterocycles. The van der Waals surface area contributed by atoms with Gasteiger partial charge in [-0.25, -0.2) is 0 Å². The Labute approximate surface area is 195 Å². The van der Waals surface area contributed by atoms with Crippen LogP contribution in [-0.2, 0) is 22.4 Å². The van der Waals surface area contributed by atoms with Crippen LogP contribution >= 0.6 is 22.9 Å². The van der Waals surface area contributed by atoms with E-state index in [1.54, 1.807) is 18.2 Å². The predicted molar refractivity (Wildman–Crippen MR) is 128 cm³/mol. The van der Waals surface area contributed by atoms with E-state index in [4.69, 9.17) is 11.6 Å². The third-order valence-electron chi connectivity index (χ3n) is 6.30. The normalized spacial score (nSPS) is 19.9. The van der Waals surface area contributed by atoms with Crippen molar-refractivity contribution in [3.05, 3.63) is 91.6 Å². The second-order valence-electron chi connectivity index (χ2n) is 8.31. The first-order chi connectivity index (χ1) is 15.5. The maximum absolute atomic E-state index is 13.2. The molecule has 4 nitrogen and oxygen atoms in total. The van der Waals surface area contributed by atoms with E-state index in [0.717, 1.165) is 29.7 Å². The number of fused-ring (bicyclic) bond motifs is 1. The van der Waals surface area contributed by atoms with E-state index in [2.05, 4.69) is 0 Å². The van der Waals surface area contributed by atoms with Gasteiger partial charge in [0.15, 0.2) is 0 Å². The third-order valence-corrected chi connectivity index (χ3v) is 7.46. The first-order valence-corrected chi connectivity index (χ1v) is 11.9. The first kappa shape index (κ1) is 21.0. The molecule has 0 saturated carbocycles. The highest BCUT2D eigenvalue weighted by Gasteiger charge is 2.47. The number of carbonyl (C=O) groups excluding carboxylic acids is 2. The minimum atomic E-state index is -0.689. The van der Waals surface area contributed by atoms with E-state index in [1.807, 2.05) is 42.6 Å². The lowest BCUT2D eigenvalue weighted by Gasteiger charge is -2.26. The molecule has 1 aliphatic heterocycles. The van der Waals surface area contributed by atoms with Crippen LogP contribution in [0.1, 0.15) is 46.0 Å². The SMILES string of the molecule is Cc1cc(Cl)ccc1N1C(=O)C(=O)/C(=C(\O)c2ccc3c(c2)CCCC3)C1c1cccs1. The number of hydrogen-bond donors (Lipinski definition) is 1. The van der Waals surface area contributed by atoms with Gasteiger partial charge in [0.05, 0.1) is 5.57 Å². The standard InChI is InChI=1S/C26H22ClNO3S/c1-15-13-19(27)10-11-20(15)28-23(21-7-4-12-32-21)22(25(30)26(28)31)24(29)18-9-8-16-5-2-3-6-17(16)14-18/h4,7-14,23,29H,2-3,5-6H2,1H3/b24-22-. The number of anilines is 1. The van der Waals surface area contributed by atoms with Crippen molar-refractivity contribution in [2.75, 3.05) is 4.90 Å². The van der Waals surface area contributed by atoms with E-state index in [9.17, 15) is 14.7 Å². The summed E-state index contributed by atoms with van der Waals surface area (Å²) in [7, 11) is 0. The van der Waals surface area contributed by atoms with Gasteiger partial charge in [0.2, 0.25) is 0 Å². The van der Waals surface area contributed by atoms with Crippen molar-refractivity contribution in [1.29, 1.82) is 0 Å². The molecule has 1 aromatic heterocycles. The van der Waals surface area contributed by atoms with E-state index in [1.165, 1.54) is 33.8 Å². The van der Waals surface area contributed by atoms with E-state index < -0.39 is 17.7 Å². The highest BCUT2D eigenvalue weighted by Crippen LogP contribution is 2.44. The van der Waals surface area contributed by atoms with Gasteiger partial charge in [-0.05, 0) is 85.0 Å². The molecule has 1 amide bonds. The maximum atomic E-state index is 13.2. The number of aliphatic hydroxyl groups is 1. The van der Waals surface area contributed by atoms with Gasteiger partial charge in [0, 0.05) is 21.2 Å². The molecule has 2 heterocycles. The van der Waals surface area contributed by atoms with Crippen LogP contribution < -0.4 is 4.90 Å². The van der Waals surface area contributed by atoms with Crippen LogP contribution in [0.5, 0.6) is 0 Å². The minimum absolute atomic E-state index is 0.121. The lowest BCUT2D eigenvalue weighted by atomic mass is 9.89. The molecule has 1 unspecified atom stereocenters. The topological polar surface area (TPSA) is 57.6 Å². The fourth-order valence-corrected chi connectivity index (χ4v) is 5.77. The summed E-state index contributed by atoms with van der Waals surface area (Å²) < 4.78 is 0. The first-order valence-electron chi connectivity index (χ1n) is 10.7. The molecule has 5 rings (SSSR count). The van der Waals surface area contributed by atoms with Crippen molar-refractivity contribution in [2.45, 2.75) is 38.6 Å². The molecule has 32 heavy (non-hydrogen) atoms. The number of amides is 1. The number of nitrogens with zero attached hydrogens (tertiary/aromatic N) is 1. The summed E-state index contributed by atoms with van der Waals surface area (Å²) in [6, 6.07) is 14.2. The molecule has 2 aliphatic rings. The molecule has 1 atom stereocenters. The number of carbonyl (C=O) groups is 2. The van der Waals surface area contributed by atoms with Crippen molar-refractivity contribution < 1.29 is 14.7 Å². The van der Waals surface area contributed by atoms with Crippen LogP contribution in [0.4, 0.5) is 5.69 Å². The second kappa shape index (κ2) is 8.23. The average Bonchev–Trinajstić information content (AvgIpc) is 3.40. The van der Waals surface area contributed by atoms with Gasteiger partial charge in [-0.3, -0.25) is 14.5 Å². The van der Waals surface area contributed by atoms with Crippen LogP contribution in [0.2, 0.25) is 5.02 Å². The highest BCUT2D eigenvalue weighted by molar-refractivity contribution is 7.10. The average molecular weight is 464 g/mol. The highest BCUT2D eigenvalue weighted by atomic mass is 35.5. The van der Waals surface area contributed by atoms with Gasteiger partial charge in [-0.2, -0.15) is 0 Å². The van der Waals surface area contributed by atoms with Crippen molar-refractivity contribution in [3.8, 4) is 0 Å². The minimum Gasteiger partial charge on any atom is -0.507 e. The number of hydrogen-bond acceptors (Lipinski definition) is 4. The Hall–Kier alpha value is -2.89. The maximum Gasteiger partial charge on any atom is 0.300 e. The van der Waals surface area contributed by atoms with E-state index in [0.29, 0.717) is 16.3 Å². The number of ketones is 1. The lowest BCUT2D eigenvalue weighted by Crippen LogP contribution is -2.29. The van der Waals surface area contributed by atoms with Gasteiger partial charge >= 0.3 is 0 Å². The molecule has 0 spiro atoms. The predicted octanol–water partition coefficient (Wildman–Crippen LogP) is 6.22. The Bertz CT molecular complexity index is 1260. The lowest BCUT2D eigenvalue weighted by molar-refractivity contribution is -0.132. The Kier molecular flexibility index (Phi) is 5.39.